The highest BCUT2D eigenvalue weighted by Gasteiger charge is 2.46. The van der Waals surface area contributed by atoms with Crippen molar-refractivity contribution < 1.29 is 23.2 Å². The molecule has 4 aromatic rings. The molecule has 0 saturated carbocycles. The lowest BCUT2D eigenvalue weighted by atomic mass is 9.71. The zero-order valence-corrected chi connectivity index (χ0v) is 26.8. The Morgan fingerprint density at radius 1 is 1.12 bits per heavy atom. The number of ether oxygens (including phenoxy) is 2. The number of carbonyl (C=O) groups excluding carboxylic acids is 1. The van der Waals surface area contributed by atoms with Gasteiger partial charge in [-0.15, -0.1) is 0 Å². The number of benzene rings is 2. The van der Waals surface area contributed by atoms with Crippen molar-refractivity contribution in [2.45, 2.75) is 58.8 Å². The topological polar surface area (TPSA) is 94.0 Å². The number of rotatable bonds is 7. The number of hydrogen-bond donors (Lipinski definition) is 1. The second kappa shape index (κ2) is 12.5. The summed E-state index contributed by atoms with van der Waals surface area (Å²) in [5, 5.41) is 13.1. The molecule has 1 N–H and O–H groups in total. The van der Waals surface area contributed by atoms with Crippen LogP contribution in [0.2, 0.25) is 0 Å². The Labute approximate surface area is 261 Å². The van der Waals surface area contributed by atoms with Gasteiger partial charge in [-0.2, -0.15) is 4.98 Å². The summed E-state index contributed by atoms with van der Waals surface area (Å²) in [6.07, 6.45) is 1.86. The summed E-state index contributed by atoms with van der Waals surface area (Å²) in [7, 11) is 0. The van der Waals surface area contributed by atoms with Crippen LogP contribution < -0.4 is 8.57 Å². The van der Waals surface area contributed by atoms with E-state index < -0.39 is 11.2 Å². The predicted molar refractivity (Wildman–Crippen MR) is 170 cm³/mol. The van der Waals surface area contributed by atoms with Crippen molar-refractivity contribution in [3.63, 3.8) is 0 Å². The molecule has 0 bridgehead atoms. The second-order valence-electron chi connectivity index (χ2n) is 12.4. The molecule has 1 aliphatic rings. The molecule has 1 fully saturated rings. The quantitative estimate of drug-likeness (QED) is 0.220. The summed E-state index contributed by atoms with van der Waals surface area (Å²) in [5.41, 5.74) is 2.54. The fourth-order valence-electron chi connectivity index (χ4n) is 5.65. The Hall–Kier alpha value is -3.69. The maximum absolute atomic E-state index is 12.9. The van der Waals surface area contributed by atoms with Crippen molar-refractivity contribution in [1.82, 2.24) is 14.9 Å². The van der Waals surface area contributed by atoms with E-state index in [1.807, 2.05) is 81.4 Å². The number of aliphatic hydroxyl groups is 1. The minimum Gasteiger partial charge on any atom is -0.472 e. The molecule has 3 heterocycles. The van der Waals surface area contributed by atoms with E-state index in [1.54, 1.807) is 17.2 Å². The van der Waals surface area contributed by atoms with Crippen LogP contribution in [0.1, 0.15) is 52.2 Å². The summed E-state index contributed by atoms with van der Waals surface area (Å²) >= 11 is 3.01. The van der Waals surface area contributed by atoms with Gasteiger partial charge in [0.2, 0.25) is 11.8 Å². The smallest absolute Gasteiger partial charge is 0.410 e. The van der Waals surface area contributed by atoms with E-state index >= 15 is 0 Å². The van der Waals surface area contributed by atoms with E-state index in [4.69, 9.17) is 18.3 Å². The lowest BCUT2D eigenvalue weighted by Gasteiger charge is -2.46. The van der Waals surface area contributed by atoms with Crippen LogP contribution in [0.4, 0.5) is 4.79 Å². The number of likely N-dealkylation sites (tertiary alicyclic amines) is 1. The largest absolute Gasteiger partial charge is 0.472 e. The van der Waals surface area contributed by atoms with Gasteiger partial charge in [-0.3, -0.25) is 4.98 Å². The molecule has 226 valence electrons. The van der Waals surface area contributed by atoms with Crippen molar-refractivity contribution in [1.29, 1.82) is 0 Å². The number of nitrogens with zero attached hydrogens (tertiary/aromatic N) is 3. The zero-order chi connectivity index (χ0) is 30.8. The van der Waals surface area contributed by atoms with Gasteiger partial charge < -0.3 is 23.3 Å². The number of aromatic nitrogens is 2. The van der Waals surface area contributed by atoms with Gasteiger partial charge in [0, 0.05) is 47.8 Å². The molecule has 43 heavy (non-hydrogen) atoms. The highest BCUT2D eigenvalue weighted by molar-refractivity contribution is 9.06. The molecule has 0 radical (unpaired) electrons. The monoisotopic (exact) mass is 647 g/mol. The number of halogens is 1. The highest BCUT2D eigenvalue weighted by atomic mass is 79.9. The summed E-state index contributed by atoms with van der Waals surface area (Å²) in [6.45, 7) is 10.9. The van der Waals surface area contributed by atoms with E-state index in [-0.39, 0.29) is 17.9 Å². The van der Waals surface area contributed by atoms with Crippen LogP contribution in [-0.4, -0.2) is 44.8 Å². The molecule has 2 atom stereocenters. The zero-order valence-electron chi connectivity index (χ0n) is 25.2. The van der Waals surface area contributed by atoms with Gasteiger partial charge in [0.25, 0.3) is 0 Å². The van der Waals surface area contributed by atoms with Crippen molar-refractivity contribution in [2.24, 2.45) is 11.8 Å². The molecule has 9 heteroatoms. The minimum absolute atomic E-state index is 0.126. The molecule has 2 aromatic carbocycles. The Morgan fingerprint density at radius 3 is 2.58 bits per heavy atom. The van der Waals surface area contributed by atoms with Crippen molar-refractivity contribution >= 4 is 33.3 Å². The SMILES string of the molecule is CC(C)C1CN(C(=O)OC(C)(C)C)CCC1(O)c1ccc2ncc(-c3ccc(OBr)nc3OCc3ccccc3)cc2c1. The molecule has 1 amide bonds. The van der Waals surface area contributed by atoms with Crippen LogP contribution >= 0.6 is 16.3 Å². The maximum Gasteiger partial charge on any atom is 0.410 e. The van der Waals surface area contributed by atoms with Crippen LogP contribution in [0.5, 0.6) is 11.8 Å². The summed E-state index contributed by atoms with van der Waals surface area (Å²) in [6, 6.07) is 21.5. The van der Waals surface area contributed by atoms with E-state index in [0.717, 1.165) is 33.2 Å². The molecule has 0 spiro atoms. The molecule has 2 unspecified atom stereocenters. The van der Waals surface area contributed by atoms with E-state index in [2.05, 4.69) is 35.1 Å². The number of piperidine rings is 1. The predicted octanol–water partition coefficient (Wildman–Crippen LogP) is 7.67. The average Bonchev–Trinajstić information content (AvgIpc) is 2.99. The fourth-order valence-corrected chi connectivity index (χ4v) is 5.83. The normalized spacial score (nSPS) is 19.0. The van der Waals surface area contributed by atoms with Crippen LogP contribution in [0, 0.1) is 11.8 Å². The number of carbonyl (C=O) groups is 1. The fraction of sp³-hybridized carbons (Fsp3) is 0.382. The number of hydrogen-bond acceptors (Lipinski definition) is 7. The van der Waals surface area contributed by atoms with Crippen molar-refractivity contribution in [3.05, 3.63) is 84.1 Å². The Kier molecular flexibility index (Phi) is 8.94. The maximum atomic E-state index is 12.9. The van der Waals surface area contributed by atoms with Gasteiger partial charge in [0.05, 0.1) is 11.1 Å². The van der Waals surface area contributed by atoms with Crippen LogP contribution in [0.15, 0.2) is 72.9 Å². The molecule has 1 aliphatic heterocycles. The lowest BCUT2D eigenvalue weighted by molar-refractivity contribution is -0.0945. The lowest BCUT2D eigenvalue weighted by Crippen LogP contribution is -2.54. The standard InChI is InChI=1S/C34H38BrN3O5/c1-22(2)28-20-38(32(39)42-33(3,4)5)16-15-34(28,40)26-11-13-29-24(18-26)17-25(19-36-29)27-12-14-30(43-35)37-31(27)41-21-23-9-7-6-8-10-23/h6-14,17-19,22,28,40H,15-16,20-21H2,1-5H3. The highest BCUT2D eigenvalue weighted by Crippen LogP contribution is 2.43. The Bertz CT molecular complexity index is 1590. The number of fused-ring (bicyclic) bond motifs is 1. The number of amides is 1. The molecule has 5 rings (SSSR count). The molecule has 1 saturated heterocycles. The van der Waals surface area contributed by atoms with Gasteiger partial charge in [0.15, 0.2) is 16.3 Å². The average molecular weight is 649 g/mol. The van der Waals surface area contributed by atoms with Crippen molar-refractivity contribution in [3.8, 4) is 22.9 Å². The summed E-state index contributed by atoms with van der Waals surface area (Å²) in [4.78, 5) is 23.8. The molecule has 2 aromatic heterocycles. The third kappa shape index (κ3) is 6.94. The van der Waals surface area contributed by atoms with E-state index in [9.17, 15) is 9.90 Å². The van der Waals surface area contributed by atoms with Crippen molar-refractivity contribution in [2.75, 3.05) is 13.1 Å². The Morgan fingerprint density at radius 2 is 1.88 bits per heavy atom. The van der Waals surface area contributed by atoms with Gasteiger partial charge >= 0.3 is 6.09 Å². The third-order valence-electron chi connectivity index (χ3n) is 7.87. The van der Waals surface area contributed by atoms with Crippen LogP contribution in [0.3, 0.4) is 0 Å². The van der Waals surface area contributed by atoms with Gasteiger partial charge in [-0.05, 0) is 68.5 Å². The van der Waals surface area contributed by atoms with E-state index in [0.29, 0.717) is 37.9 Å². The van der Waals surface area contributed by atoms with Gasteiger partial charge in [-0.1, -0.05) is 50.2 Å². The summed E-state index contributed by atoms with van der Waals surface area (Å²) in [5.74, 6) is 0.746. The first-order valence-corrected chi connectivity index (χ1v) is 15.2. The first kappa shape index (κ1) is 30.8. The number of pyridine rings is 2. The first-order valence-electron chi connectivity index (χ1n) is 14.5. The second-order valence-corrected chi connectivity index (χ2v) is 12.8. The first-order chi connectivity index (χ1) is 20.5. The molecule has 0 aliphatic carbocycles. The molecule has 8 nitrogen and oxygen atoms in total. The Balaban J connectivity index is 1.46. The minimum atomic E-state index is -1.11. The third-order valence-corrected chi connectivity index (χ3v) is 8.21. The summed E-state index contributed by atoms with van der Waals surface area (Å²) < 4.78 is 17.0. The van der Waals surface area contributed by atoms with Gasteiger partial charge in [-0.25, -0.2) is 4.79 Å². The molecular weight excluding hydrogens is 610 g/mol. The van der Waals surface area contributed by atoms with Crippen LogP contribution in [0.25, 0.3) is 22.0 Å². The van der Waals surface area contributed by atoms with Gasteiger partial charge in [0.1, 0.15) is 12.2 Å². The molecular formula is C34H38BrN3O5. The van der Waals surface area contributed by atoms with E-state index in [1.165, 1.54) is 0 Å². The van der Waals surface area contributed by atoms with Crippen LogP contribution in [-0.2, 0) is 16.9 Å².